The van der Waals surface area contributed by atoms with E-state index < -0.39 is 26.4 Å². The number of phenols is 1. The van der Waals surface area contributed by atoms with E-state index in [0.29, 0.717) is 5.56 Å². The standard InChI is InChI=1S/C15H15N3O6S/c1-17(2)15(20)10-3-5-11(6-4-10)16-25(23,24)12-7-8-14(19)13(9-12)18(21)22/h3-9,16,19H,1-2H3. The predicted molar refractivity (Wildman–Crippen MR) is 90.0 cm³/mol. The molecular weight excluding hydrogens is 350 g/mol. The number of nitrogens with one attached hydrogen (secondary N) is 1. The number of nitro benzene ring substituents is 1. The summed E-state index contributed by atoms with van der Waals surface area (Å²) in [6.45, 7) is 0. The Hall–Kier alpha value is -3.14. The molecule has 1 amide bonds. The Balaban J connectivity index is 2.29. The number of carbonyl (C=O) groups is 1. The summed E-state index contributed by atoms with van der Waals surface area (Å²) in [4.78, 5) is 22.7. The Labute approximate surface area is 143 Å². The first-order chi connectivity index (χ1) is 11.6. The Morgan fingerprint density at radius 3 is 2.28 bits per heavy atom. The van der Waals surface area contributed by atoms with Gasteiger partial charge >= 0.3 is 5.69 Å². The van der Waals surface area contributed by atoms with Gasteiger partial charge in [-0.15, -0.1) is 0 Å². The minimum Gasteiger partial charge on any atom is -0.502 e. The van der Waals surface area contributed by atoms with Gasteiger partial charge in [0.2, 0.25) is 0 Å². The van der Waals surface area contributed by atoms with E-state index in [4.69, 9.17) is 0 Å². The van der Waals surface area contributed by atoms with Crippen LogP contribution in [-0.4, -0.2) is 43.4 Å². The fourth-order valence-electron chi connectivity index (χ4n) is 1.97. The molecule has 2 N–H and O–H groups in total. The quantitative estimate of drug-likeness (QED) is 0.614. The van der Waals surface area contributed by atoms with E-state index in [2.05, 4.69) is 4.72 Å². The Bertz CT molecular complexity index is 923. The predicted octanol–water partition coefficient (Wildman–Crippen LogP) is 1.80. The minimum absolute atomic E-state index is 0.186. The molecule has 0 saturated carbocycles. The molecule has 0 radical (unpaired) electrons. The molecule has 2 aromatic carbocycles. The van der Waals surface area contributed by atoms with Crippen molar-refractivity contribution < 1.29 is 23.2 Å². The van der Waals surface area contributed by atoms with Crippen LogP contribution >= 0.6 is 0 Å². The van der Waals surface area contributed by atoms with Crippen molar-refractivity contribution in [1.82, 2.24) is 4.90 Å². The second kappa shape index (κ2) is 6.77. The highest BCUT2D eigenvalue weighted by Gasteiger charge is 2.21. The van der Waals surface area contributed by atoms with Gasteiger partial charge in [-0.2, -0.15) is 0 Å². The SMILES string of the molecule is CN(C)C(=O)c1ccc(NS(=O)(=O)c2ccc(O)c([N+](=O)[O-])c2)cc1. The van der Waals surface area contributed by atoms with Crippen LogP contribution in [0.25, 0.3) is 0 Å². The van der Waals surface area contributed by atoms with Gasteiger partial charge in [0.15, 0.2) is 5.75 Å². The van der Waals surface area contributed by atoms with Crippen LogP contribution in [0.5, 0.6) is 5.75 Å². The number of nitrogens with zero attached hydrogens (tertiary/aromatic N) is 2. The largest absolute Gasteiger partial charge is 0.502 e. The number of anilines is 1. The Morgan fingerprint density at radius 2 is 1.76 bits per heavy atom. The molecular formula is C15H15N3O6S. The number of carbonyl (C=O) groups excluding carboxylic acids is 1. The van der Waals surface area contributed by atoms with Gasteiger partial charge in [-0.25, -0.2) is 8.42 Å². The average Bonchev–Trinajstić information content (AvgIpc) is 2.54. The third kappa shape index (κ3) is 4.04. The van der Waals surface area contributed by atoms with Crippen molar-refractivity contribution in [3.05, 3.63) is 58.1 Å². The number of rotatable bonds is 5. The molecule has 0 unspecified atom stereocenters. The van der Waals surface area contributed by atoms with E-state index >= 15 is 0 Å². The lowest BCUT2D eigenvalue weighted by molar-refractivity contribution is -0.386. The van der Waals surface area contributed by atoms with Crippen LogP contribution < -0.4 is 4.72 Å². The van der Waals surface area contributed by atoms with E-state index in [0.717, 1.165) is 18.2 Å². The van der Waals surface area contributed by atoms with E-state index in [1.54, 1.807) is 14.1 Å². The number of benzene rings is 2. The molecule has 9 nitrogen and oxygen atoms in total. The third-order valence-corrected chi connectivity index (χ3v) is 4.62. The summed E-state index contributed by atoms with van der Waals surface area (Å²) in [6, 6.07) is 8.48. The molecule has 10 heteroatoms. The maximum Gasteiger partial charge on any atom is 0.312 e. The van der Waals surface area contributed by atoms with Crippen LogP contribution in [0.15, 0.2) is 47.4 Å². The molecule has 132 valence electrons. The number of phenolic OH excluding ortho intramolecular Hbond substituents is 1. The molecule has 0 aliphatic carbocycles. The van der Waals surface area contributed by atoms with Crippen molar-refractivity contribution in [3.8, 4) is 5.75 Å². The van der Waals surface area contributed by atoms with Crippen molar-refractivity contribution in [2.45, 2.75) is 4.90 Å². The van der Waals surface area contributed by atoms with Crippen LogP contribution in [-0.2, 0) is 10.0 Å². The highest BCUT2D eigenvalue weighted by Crippen LogP contribution is 2.29. The van der Waals surface area contributed by atoms with Crippen LogP contribution in [0.3, 0.4) is 0 Å². The molecule has 0 aliphatic rings. The lowest BCUT2D eigenvalue weighted by Crippen LogP contribution is -2.21. The molecule has 2 rings (SSSR count). The second-order valence-electron chi connectivity index (χ2n) is 5.29. The number of hydrogen-bond acceptors (Lipinski definition) is 6. The summed E-state index contributed by atoms with van der Waals surface area (Å²) in [5.74, 6) is -0.862. The first-order valence-electron chi connectivity index (χ1n) is 6.94. The zero-order valence-corrected chi connectivity index (χ0v) is 14.1. The van der Waals surface area contributed by atoms with Crippen molar-refractivity contribution in [1.29, 1.82) is 0 Å². The molecule has 0 atom stereocenters. The van der Waals surface area contributed by atoms with Crippen molar-refractivity contribution in [2.24, 2.45) is 0 Å². The summed E-state index contributed by atoms with van der Waals surface area (Å²) in [7, 11) is -0.909. The summed E-state index contributed by atoms with van der Waals surface area (Å²) in [5, 5.41) is 20.2. The van der Waals surface area contributed by atoms with E-state index in [1.807, 2.05) is 0 Å². The second-order valence-corrected chi connectivity index (χ2v) is 6.97. The molecule has 0 fully saturated rings. The monoisotopic (exact) mass is 365 g/mol. The third-order valence-electron chi connectivity index (χ3n) is 3.24. The summed E-state index contributed by atoms with van der Waals surface area (Å²) < 4.78 is 26.9. The smallest absolute Gasteiger partial charge is 0.312 e. The first-order valence-corrected chi connectivity index (χ1v) is 8.42. The number of sulfonamides is 1. The maximum absolute atomic E-state index is 12.3. The van der Waals surface area contributed by atoms with Crippen LogP contribution in [0.4, 0.5) is 11.4 Å². The van der Waals surface area contributed by atoms with E-state index in [-0.39, 0.29) is 16.5 Å². The summed E-state index contributed by atoms with van der Waals surface area (Å²) >= 11 is 0. The topological polar surface area (TPSA) is 130 Å². The zero-order valence-electron chi connectivity index (χ0n) is 13.3. The molecule has 0 aromatic heterocycles. The van der Waals surface area contributed by atoms with E-state index in [9.17, 15) is 28.4 Å². The molecule has 2 aromatic rings. The molecule has 0 spiro atoms. The lowest BCUT2D eigenvalue weighted by Gasteiger charge is -2.11. The van der Waals surface area contributed by atoms with Crippen LogP contribution in [0, 0.1) is 10.1 Å². The highest BCUT2D eigenvalue weighted by molar-refractivity contribution is 7.92. The fraction of sp³-hybridized carbons (Fsp3) is 0.133. The molecule has 0 aliphatic heterocycles. The molecule has 25 heavy (non-hydrogen) atoms. The fourth-order valence-corrected chi connectivity index (χ4v) is 3.05. The van der Waals surface area contributed by atoms with Gasteiger partial charge in [0, 0.05) is 31.4 Å². The lowest BCUT2D eigenvalue weighted by atomic mass is 10.2. The van der Waals surface area contributed by atoms with Gasteiger partial charge in [-0.3, -0.25) is 19.6 Å². The number of nitro groups is 1. The van der Waals surface area contributed by atoms with Gasteiger partial charge in [-0.1, -0.05) is 0 Å². The van der Waals surface area contributed by atoms with Gasteiger partial charge in [-0.05, 0) is 36.4 Å². The number of amides is 1. The Morgan fingerprint density at radius 1 is 1.16 bits per heavy atom. The zero-order chi connectivity index (χ0) is 18.8. The molecule has 0 saturated heterocycles. The molecule has 0 bridgehead atoms. The van der Waals surface area contributed by atoms with Gasteiger partial charge in [0.05, 0.1) is 9.82 Å². The number of aromatic hydroxyl groups is 1. The summed E-state index contributed by atoms with van der Waals surface area (Å²) in [5.41, 5.74) is -0.144. The highest BCUT2D eigenvalue weighted by atomic mass is 32.2. The Kier molecular flexibility index (Phi) is 4.93. The van der Waals surface area contributed by atoms with E-state index in [1.165, 1.54) is 29.2 Å². The van der Waals surface area contributed by atoms with Crippen LogP contribution in [0.2, 0.25) is 0 Å². The first kappa shape index (κ1) is 18.2. The average molecular weight is 365 g/mol. The maximum atomic E-state index is 12.3. The molecule has 0 heterocycles. The van der Waals surface area contributed by atoms with Crippen molar-refractivity contribution in [2.75, 3.05) is 18.8 Å². The van der Waals surface area contributed by atoms with Gasteiger partial charge in [0.25, 0.3) is 15.9 Å². The van der Waals surface area contributed by atoms with Crippen molar-refractivity contribution in [3.63, 3.8) is 0 Å². The van der Waals surface area contributed by atoms with Gasteiger partial charge < -0.3 is 10.0 Å². The van der Waals surface area contributed by atoms with Crippen molar-refractivity contribution >= 4 is 27.3 Å². The van der Waals surface area contributed by atoms with Gasteiger partial charge in [0.1, 0.15) is 0 Å². The number of hydrogen-bond donors (Lipinski definition) is 2. The summed E-state index contributed by atoms with van der Waals surface area (Å²) in [6.07, 6.45) is 0. The minimum atomic E-state index is -4.10. The normalized spacial score (nSPS) is 11.0. The van der Waals surface area contributed by atoms with Crippen LogP contribution in [0.1, 0.15) is 10.4 Å².